The quantitative estimate of drug-likeness (QED) is 0.865. The number of hydrogen-bond donors (Lipinski definition) is 1. The van der Waals surface area contributed by atoms with Crippen molar-refractivity contribution < 1.29 is 4.79 Å². The summed E-state index contributed by atoms with van der Waals surface area (Å²) in [5, 5.41) is 3.75. The Bertz CT molecular complexity index is 364. The molecule has 2 aliphatic heterocycles. The van der Waals surface area contributed by atoms with E-state index in [0.717, 1.165) is 12.2 Å². The molecule has 3 rings (SSSR count). The van der Waals surface area contributed by atoms with Crippen molar-refractivity contribution in [2.24, 2.45) is 11.8 Å². The maximum Gasteiger partial charge on any atom is 0.241 e. The average Bonchev–Trinajstić information content (AvgIpc) is 3.15. The summed E-state index contributed by atoms with van der Waals surface area (Å²) in [7, 11) is 0. The van der Waals surface area contributed by atoms with E-state index in [2.05, 4.69) is 24.1 Å². The minimum Gasteiger partial charge on any atom is -0.322 e. The maximum atomic E-state index is 13.0. The molecule has 1 aliphatic carbocycles. The van der Waals surface area contributed by atoms with E-state index < -0.39 is 0 Å². The van der Waals surface area contributed by atoms with Gasteiger partial charge in [-0.25, -0.2) is 0 Å². The van der Waals surface area contributed by atoms with Gasteiger partial charge in [0, 0.05) is 11.8 Å². The van der Waals surface area contributed by atoms with E-state index in [-0.39, 0.29) is 6.04 Å². The SMILES string of the molecule is CCC(C)C1NC(C2CCCC2)N(C2CCCSC2)C1=O. The van der Waals surface area contributed by atoms with Crippen LogP contribution in [0.5, 0.6) is 0 Å². The van der Waals surface area contributed by atoms with Crippen LogP contribution in [0.4, 0.5) is 0 Å². The van der Waals surface area contributed by atoms with E-state index in [4.69, 9.17) is 0 Å². The Labute approximate surface area is 133 Å². The highest BCUT2D eigenvalue weighted by Gasteiger charge is 2.47. The standard InChI is InChI=1S/C17H30N2OS/c1-3-12(2)15-17(20)19(14-9-6-10-21-11-14)16(18-15)13-7-4-5-8-13/h12-16,18H,3-11H2,1-2H3. The number of carbonyl (C=O) groups excluding carboxylic acids is 1. The maximum absolute atomic E-state index is 13.0. The number of thioether (sulfide) groups is 1. The molecule has 0 bridgehead atoms. The normalized spacial score (nSPS) is 36.4. The van der Waals surface area contributed by atoms with Crippen LogP contribution in [-0.4, -0.2) is 40.6 Å². The molecule has 3 nitrogen and oxygen atoms in total. The molecule has 1 N–H and O–H groups in total. The van der Waals surface area contributed by atoms with Gasteiger partial charge in [0.15, 0.2) is 0 Å². The Hall–Kier alpha value is -0.220. The second-order valence-electron chi connectivity index (χ2n) is 7.14. The van der Waals surface area contributed by atoms with Crippen LogP contribution in [0.15, 0.2) is 0 Å². The zero-order valence-electron chi connectivity index (χ0n) is 13.5. The van der Waals surface area contributed by atoms with Gasteiger partial charge in [0.1, 0.15) is 0 Å². The van der Waals surface area contributed by atoms with E-state index >= 15 is 0 Å². The minimum atomic E-state index is 0.0625. The Kier molecular flexibility index (Phi) is 5.15. The Morgan fingerprint density at radius 2 is 2.05 bits per heavy atom. The fraction of sp³-hybridized carbons (Fsp3) is 0.941. The first-order chi connectivity index (χ1) is 10.2. The van der Waals surface area contributed by atoms with Gasteiger partial charge in [-0.3, -0.25) is 10.1 Å². The van der Waals surface area contributed by atoms with Gasteiger partial charge in [-0.15, -0.1) is 0 Å². The minimum absolute atomic E-state index is 0.0625. The van der Waals surface area contributed by atoms with Crippen LogP contribution in [-0.2, 0) is 4.79 Å². The fourth-order valence-corrected chi connectivity index (χ4v) is 5.40. The first-order valence-corrected chi connectivity index (χ1v) is 10.0. The summed E-state index contributed by atoms with van der Waals surface area (Å²) >= 11 is 2.03. The molecule has 0 spiro atoms. The van der Waals surface area contributed by atoms with Crippen LogP contribution in [0.25, 0.3) is 0 Å². The van der Waals surface area contributed by atoms with Crippen molar-refractivity contribution in [2.75, 3.05) is 11.5 Å². The van der Waals surface area contributed by atoms with E-state index in [1.165, 1.54) is 44.3 Å². The van der Waals surface area contributed by atoms with E-state index in [9.17, 15) is 4.79 Å². The molecular weight excluding hydrogens is 280 g/mol. The molecule has 4 atom stereocenters. The molecule has 2 heterocycles. The van der Waals surface area contributed by atoms with Gasteiger partial charge in [-0.2, -0.15) is 11.8 Å². The predicted octanol–water partition coefficient (Wildman–Crippen LogP) is 3.24. The fourth-order valence-electron chi connectivity index (χ4n) is 4.26. The lowest BCUT2D eigenvalue weighted by molar-refractivity contribution is -0.133. The molecule has 3 aliphatic rings. The van der Waals surface area contributed by atoms with E-state index in [1.807, 2.05) is 11.8 Å². The Balaban J connectivity index is 1.78. The summed E-state index contributed by atoms with van der Waals surface area (Å²) in [6.07, 6.45) is 9.16. The van der Waals surface area contributed by atoms with Gasteiger partial charge in [-0.1, -0.05) is 33.1 Å². The van der Waals surface area contributed by atoms with Crippen molar-refractivity contribution >= 4 is 17.7 Å². The van der Waals surface area contributed by atoms with Gasteiger partial charge in [0.2, 0.25) is 5.91 Å². The van der Waals surface area contributed by atoms with Gasteiger partial charge in [-0.05, 0) is 43.3 Å². The Morgan fingerprint density at radius 1 is 1.29 bits per heavy atom. The Morgan fingerprint density at radius 3 is 2.67 bits per heavy atom. The second-order valence-corrected chi connectivity index (χ2v) is 8.29. The van der Waals surface area contributed by atoms with E-state index in [0.29, 0.717) is 30.0 Å². The lowest BCUT2D eigenvalue weighted by atomic mass is 9.99. The summed E-state index contributed by atoms with van der Waals surface area (Å²) in [6, 6.07) is 0.538. The topological polar surface area (TPSA) is 32.3 Å². The molecule has 0 aromatic rings. The number of rotatable bonds is 4. The van der Waals surface area contributed by atoms with Crippen molar-refractivity contribution in [3.8, 4) is 0 Å². The van der Waals surface area contributed by atoms with Gasteiger partial charge in [0.25, 0.3) is 0 Å². The van der Waals surface area contributed by atoms with Gasteiger partial charge in [0.05, 0.1) is 12.2 Å². The summed E-state index contributed by atoms with van der Waals surface area (Å²) in [4.78, 5) is 15.3. The molecule has 4 heteroatoms. The largest absolute Gasteiger partial charge is 0.322 e. The summed E-state index contributed by atoms with van der Waals surface area (Å²) < 4.78 is 0. The number of nitrogens with zero attached hydrogens (tertiary/aromatic N) is 1. The molecule has 0 aromatic carbocycles. The second kappa shape index (κ2) is 6.91. The highest BCUT2D eigenvalue weighted by molar-refractivity contribution is 7.99. The summed E-state index contributed by atoms with van der Waals surface area (Å²) in [5.41, 5.74) is 0. The average molecular weight is 311 g/mol. The smallest absolute Gasteiger partial charge is 0.241 e. The third-order valence-corrected chi connectivity index (χ3v) is 6.96. The monoisotopic (exact) mass is 310 g/mol. The molecular formula is C17H30N2OS. The number of amides is 1. The van der Waals surface area contributed by atoms with Crippen molar-refractivity contribution in [1.29, 1.82) is 0 Å². The predicted molar refractivity (Wildman–Crippen MR) is 89.3 cm³/mol. The first-order valence-electron chi connectivity index (χ1n) is 8.88. The van der Waals surface area contributed by atoms with E-state index in [1.54, 1.807) is 0 Å². The van der Waals surface area contributed by atoms with Crippen molar-refractivity contribution in [1.82, 2.24) is 10.2 Å². The van der Waals surface area contributed by atoms with Crippen molar-refractivity contribution in [3.05, 3.63) is 0 Å². The van der Waals surface area contributed by atoms with Crippen LogP contribution < -0.4 is 5.32 Å². The summed E-state index contributed by atoms with van der Waals surface area (Å²) in [6.45, 7) is 4.42. The lowest BCUT2D eigenvalue weighted by Crippen LogP contribution is -2.49. The first kappa shape index (κ1) is 15.7. The third kappa shape index (κ3) is 3.12. The molecule has 120 valence electrons. The van der Waals surface area contributed by atoms with Crippen molar-refractivity contribution in [2.45, 2.75) is 77.0 Å². The van der Waals surface area contributed by atoms with Crippen LogP contribution in [0, 0.1) is 11.8 Å². The molecule has 3 fully saturated rings. The number of carbonyl (C=O) groups is 1. The highest BCUT2D eigenvalue weighted by atomic mass is 32.2. The van der Waals surface area contributed by atoms with Crippen molar-refractivity contribution in [3.63, 3.8) is 0 Å². The summed E-state index contributed by atoms with van der Waals surface area (Å²) in [5.74, 6) is 3.95. The number of nitrogens with one attached hydrogen (secondary N) is 1. The van der Waals surface area contributed by atoms with Crippen LogP contribution in [0.3, 0.4) is 0 Å². The number of hydrogen-bond acceptors (Lipinski definition) is 3. The van der Waals surface area contributed by atoms with Crippen LogP contribution >= 0.6 is 11.8 Å². The molecule has 4 unspecified atom stereocenters. The van der Waals surface area contributed by atoms with Gasteiger partial charge < -0.3 is 4.90 Å². The highest BCUT2D eigenvalue weighted by Crippen LogP contribution is 2.36. The zero-order chi connectivity index (χ0) is 14.8. The molecule has 21 heavy (non-hydrogen) atoms. The zero-order valence-corrected chi connectivity index (χ0v) is 14.3. The molecule has 0 radical (unpaired) electrons. The molecule has 2 saturated heterocycles. The molecule has 1 amide bonds. The third-order valence-electron chi connectivity index (χ3n) is 5.76. The van der Waals surface area contributed by atoms with Gasteiger partial charge >= 0.3 is 0 Å². The van der Waals surface area contributed by atoms with Crippen LogP contribution in [0.1, 0.15) is 58.8 Å². The molecule has 0 aromatic heterocycles. The van der Waals surface area contributed by atoms with Crippen LogP contribution in [0.2, 0.25) is 0 Å². The molecule has 1 saturated carbocycles. The lowest BCUT2D eigenvalue weighted by Gasteiger charge is -2.37.